The molecule has 1 saturated carbocycles. The maximum absolute atomic E-state index is 5.66. The molecule has 0 aromatic carbocycles. The second-order valence-corrected chi connectivity index (χ2v) is 5.05. The van der Waals surface area contributed by atoms with Gasteiger partial charge >= 0.3 is 0 Å². The van der Waals surface area contributed by atoms with Crippen molar-refractivity contribution in [3.05, 3.63) is 10.6 Å². The molecule has 15 heavy (non-hydrogen) atoms. The molecule has 1 atom stereocenters. The highest BCUT2D eigenvalue weighted by Gasteiger charge is 2.26. The van der Waals surface area contributed by atoms with Crippen molar-refractivity contribution in [3.8, 4) is 0 Å². The standard InChI is InChI=1S/C10H18N4S/c1-7-10(15-14-13-7)9(12-11)8-5-3-2-4-6-8/h8-9,12H,2-6,11H2,1H3. The number of hydrogen-bond acceptors (Lipinski definition) is 5. The number of hydrazine groups is 1. The van der Waals surface area contributed by atoms with E-state index in [2.05, 4.69) is 15.0 Å². The first-order valence-electron chi connectivity index (χ1n) is 5.58. The van der Waals surface area contributed by atoms with Gasteiger partial charge in [-0.3, -0.25) is 11.3 Å². The number of rotatable bonds is 3. The molecule has 1 aliphatic rings. The highest BCUT2D eigenvalue weighted by atomic mass is 32.1. The molecule has 0 aliphatic heterocycles. The lowest BCUT2D eigenvalue weighted by Crippen LogP contribution is -2.34. The summed E-state index contributed by atoms with van der Waals surface area (Å²) >= 11 is 1.47. The first-order chi connectivity index (χ1) is 7.33. The van der Waals surface area contributed by atoms with E-state index in [1.807, 2.05) is 6.92 Å². The second-order valence-electron chi connectivity index (χ2n) is 4.27. The van der Waals surface area contributed by atoms with Gasteiger partial charge in [-0.1, -0.05) is 23.8 Å². The minimum atomic E-state index is 0.255. The lowest BCUT2D eigenvalue weighted by atomic mass is 9.83. The molecule has 2 rings (SSSR count). The maximum Gasteiger partial charge on any atom is 0.0773 e. The quantitative estimate of drug-likeness (QED) is 0.610. The van der Waals surface area contributed by atoms with Crippen molar-refractivity contribution in [1.29, 1.82) is 0 Å². The van der Waals surface area contributed by atoms with Gasteiger partial charge < -0.3 is 0 Å². The van der Waals surface area contributed by atoms with E-state index in [9.17, 15) is 0 Å². The van der Waals surface area contributed by atoms with Gasteiger partial charge in [-0.05, 0) is 37.2 Å². The monoisotopic (exact) mass is 226 g/mol. The lowest BCUT2D eigenvalue weighted by Gasteiger charge is -2.28. The Hall–Kier alpha value is -0.520. The molecule has 0 amide bonds. The van der Waals surface area contributed by atoms with E-state index < -0.39 is 0 Å². The van der Waals surface area contributed by atoms with Gasteiger partial charge in [0, 0.05) is 0 Å². The molecule has 1 heterocycles. The highest BCUT2D eigenvalue weighted by molar-refractivity contribution is 7.05. The van der Waals surface area contributed by atoms with Crippen LogP contribution >= 0.6 is 11.5 Å². The highest BCUT2D eigenvalue weighted by Crippen LogP contribution is 2.35. The molecule has 1 aromatic heterocycles. The van der Waals surface area contributed by atoms with E-state index in [0.717, 1.165) is 5.69 Å². The SMILES string of the molecule is Cc1nnsc1C(NN)C1CCCCC1. The summed E-state index contributed by atoms with van der Waals surface area (Å²) in [6.07, 6.45) is 6.56. The molecular weight excluding hydrogens is 208 g/mol. The number of aromatic nitrogens is 2. The number of nitrogens with one attached hydrogen (secondary N) is 1. The van der Waals surface area contributed by atoms with E-state index in [0.29, 0.717) is 5.92 Å². The first kappa shape index (κ1) is 11.0. The van der Waals surface area contributed by atoms with E-state index in [4.69, 9.17) is 5.84 Å². The Morgan fingerprint density at radius 3 is 2.67 bits per heavy atom. The zero-order valence-corrected chi connectivity index (χ0v) is 9.89. The Morgan fingerprint density at radius 2 is 2.13 bits per heavy atom. The van der Waals surface area contributed by atoms with Crippen LogP contribution in [0.1, 0.15) is 48.7 Å². The van der Waals surface area contributed by atoms with Gasteiger partial charge in [0.25, 0.3) is 0 Å². The first-order valence-corrected chi connectivity index (χ1v) is 6.35. The summed E-state index contributed by atoms with van der Waals surface area (Å²) in [7, 11) is 0. The zero-order chi connectivity index (χ0) is 10.7. The largest absolute Gasteiger partial charge is 0.271 e. The molecule has 4 nitrogen and oxygen atoms in total. The van der Waals surface area contributed by atoms with Crippen molar-refractivity contribution in [3.63, 3.8) is 0 Å². The summed E-state index contributed by atoms with van der Waals surface area (Å²) in [5, 5.41) is 4.05. The molecule has 1 aliphatic carbocycles. The van der Waals surface area contributed by atoms with E-state index in [1.54, 1.807) is 0 Å². The Morgan fingerprint density at radius 1 is 1.40 bits per heavy atom. The third kappa shape index (κ3) is 2.35. The van der Waals surface area contributed by atoms with Crippen LogP contribution in [-0.4, -0.2) is 9.59 Å². The molecule has 0 bridgehead atoms. The zero-order valence-electron chi connectivity index (χ0n) is 9.07. The average molecular weight is 226 g/mol. The van der Waals surface area contributed by atoms with Crippen LogP contribution in [0, 0.1) is 12.8 Å². The molecule has 1 aromatic rings. The molecule has 0 radical (unpaired) electrons. The van der Waals surface area contributed by atoms with Gasteiger partial charge in [-0.2, -0.15) is 0 Å². The Bertz CT molecular complexity index is 306. The summed E-state index contributed by atoms with van der Waals surface area (Å²) < 4.78 is 3.98. The summed E-state index contributed by atoms with van der Waals surface area (Å²) in [6, 6.07) is 0.255. The molecule has 1 fully saturated rings. The number of nitrogens with zero attached hydrogens (tertiary/aromatic N) is 2. The molecular formula is C10H18N4S. The van der Waals surface area contributed by atoms with Crippen LogP contribution in [0.5, 0.6) is 0 Å². The second kappa shape index (κ2) is 5.01. The van der Waals surface area contributed by atoms with Crippen LogP contribution in [0.2, 0.25) is 0 Å². The summed E-state index contributed by atoms with van der Waals surface area (Å²) in [4.78, 5) is 1.21. The summed E-state index contributed by atoms with van der Waals surface area (Å²) in [6.45, 7) is 2.01. The maximum atomic E-state index is 5.66. The Balaban J connectivity index is 2.12. The smallest absolute Gasteiger partial charge is 0.0773 e. The Kier molecular flexibility index (Phi) is 3.66. The van der Waals surface area contributed by atoms with Gasteiger partial charge in [-0.15, -0.1) is 5.10 Å². The van der Waals surface area contributed by atoms with Crippen molar-refractivity contribution in [2.24, 2.45) is 11.8 Å². The normalized spacial score (nSPS) is 20.4. The van der Waals surface area contributed by atoms with Gasteiger partial charge in [-0.25, -0.2) is 0 Å². The molecule has 84 valence electrons. The lowest BCUT2D eigenvalue weighted by molar-refractivity contribution is 0.275. The fourth-order valence-corrected chi connectivity index (χ4v) is 3.21. The predicted octanol–water partition coefficient (Wildman–Crippen LogP) is 1.93. The van der Waals surface area contributed by atoms with E-state index in [1.165, 1.54) is 48.5 Å². The van der Waals surface area contributed by atoms with Crippen LogP contribution in [0.3, 0.4) is 0 Å². The van der Waals surface area contributed by atoms with Gasteiger partial charge in [0.1, 0.15) is 0 Å². The summed E-state index contributed by atoms with van der Waals surface area (Å²) in [5.74, 6) is 6.32. The van der Waals surface area contributed by atoms with E-state index in [-0.39, 0.29) is 6.04 Å². The molecule has 5 heteroatoms. The fourth-order valence-electron chi connectivity index (χ4n) is 2.42. The molecule has 3 N–H and O–H groups in total. The van der Waals surface area contributed by atoms with Crippen LogP contribution in [0.4, 0.5) is 0 Å². The van der Waals surface area contributed by atoms with Crippen molar-refractivity contribution in [2.75, 3.05) is 0 Å². The number of nitrogens with two attached hydrogens (primary N) is 1. The van der Waals surface area contributed by atoms with Gasteiger partial charge in [0.2, 0.25) is 0 Å². The van der Waals surface area contributed by atoms with Crippen molar-refractivity contribution < 1.29 is 0 Å². The van der Waals surface area contributed by atoms with Crippen molar-refractivity contribution in [2.45, 2.75) is 45.1 Å². The average Bonchev–Trinajstić information content (AvgIpc) is 2.68. The van der Waals surface area contributed by atoms with Crippen LogP contribution < -0.4 is 11.3 Å². The molecule has 1 unspecified atom stereocenters. The molecule has 0 spiro atoms. The van der Waals surface area contributed by atoms with Crippen molar-refractivity contribution in [1.82, 2.24) is 15.0 Å². The third-order valence-electron chi connectivity index (χ3n) is 3.27. The van der Waals surface area contributed by atoms with E-state index >= 15 is 0 Å². The Labute approximate surface area is 94.4 Å². The van der Waals surface area contributed by atoms with Crippen LogP contribution in [0.15, 0.2) is 0 Å². The van der Waals surface area contributed by atoms with Crippen LogP contribution in [-0.2, 0) is 0 Å². The minimum absolute atomic E-state index is 0.255. The van der Waals surface area contributed by atoms with Gasteiger partial charge in [0.05, 0.1) is 16.6 Å². The van der Waals surface area contributed by atoms with Crippen molar-refractivity contribution >= 4 is 11.5 Å². The molecule has 0 saturated heterocycles. The van der Waals surface area contributed by atoms with Crippen LogP contribution in [0.25, 0.3) is 0 Å². The number of aryl methyl sites for hydroxylation is 1. The summed E-state index contributed by atoms with van der Waals surface area (Å²) in [5.41, 5.74) is 3.97. The topological polar surface area (TPSA) is 63.8 Å². The number of hydrogen-bond donors (Lipinski definition) is 2. The minimum Gasteiger partial charge on any atom is -0.271 e. The third-order valence-corrected chi connectivity index (χ3v) is 4.18. The van der Waals surface area contributed by atoms with Gasteiger partial charge in [0.15, 0.2) is 0 Å². The predicted molar refractivity (Wildman–Crippen MR) is 61.3 cm³/mol. The fraction of sp³-hybridized carbons (Fsp3) is 0.800.